The van der Waals surface area contributed by atoms with Crippen LogP contribution in [0.2, 0.25) is 0 Å². The van der Waals surface area contributed by atoms with Crippen LogP contribution in [0.15, 0.2) is 24.3 Å². The first kappa shape index (κ1) is 10.5. The number of likely N-dealkylation sites (N-methyl/N-ethyl adjacent to an activating group) is 1. The maximum absolute atomic E-state index is 11.7. The average molecular weight is 194 g/mol. The van der Waals surface area contributed by atoms with Crippen LogP contribution in [0.25, 0.3) is 0 Å². The molecule has 4 heteroatoms. The number of amides is 1. The van der Waals surface area contributed by atoms with Gasteiger partial charge in [0.25, 0.3) is 5.91 Å². The topological polar surface area (TPSA) is 66.6 Å². The Bertz CT molecular complexity index is 326. The highest BCUT2D eigenvalue weighted by Crippen LogP contribution is 2.16. The summed E-state index contributed by atoms with van der Waals surface area (Å²) in [7, 11) is 1.65. The SMILES string of the molecule is CN(CCN)C(=O)c1ccccc1O. The lowest BCUT2D eigenvalue weighted by Gasteiger charge is -2.16. The van der Waals surface area contributed by atoms with Gasteiger partial charge in [0.15, 0.2) is 0 Å². The van der Waals surface area contributed by atoms with Gasteiger partial charge in [-0.1, -0.05) is 12.1 Å². The lowest BCUT2D eigenvalue weighted by atomic mass is 10.2. The maximum Gasteiger partial charge on any atom is 0.257 e. The number of hydrogen-bond donors (Lipinski definition) is 2. The summed E-state index contributed by atoms with van der Waals surface area (Å²) in [5.74, 6) is -0.213. The van der Waals surface area contributed by atoms with Crippen LogP contribution in [-0.4, -0.2) is 36.1 Å². The fraction of sp³-hybridized carbons (Fsp3) is 0.300. The average Bonchev–Trinajstić information content (AvgIpc) is 2.18. The molecule has 0 fully saturated rings. The van der Waals surface area contributed by atoms with Gasteiger partial charge < -0.3 is 15.7 Å². The van der Waals surface area contributed by atoms with E-state index in [1.807, 2.05) is 0 Å². The summed E-state index contributed by atoms with van der Waals surface area (Å²) >= 11 is 0. The molecule has 4 nitrogen and oxygen atoms in total. The summed E-state index contributed by atoms with van der Waals surface area (Å²) < 4.78 is 0. The Hall–Kier alpha value is -1.55. The molecule has 3 N–H and O–H groups in total. The third-order valence-electron chi connectivity index (χ3n) is 1.95. The first-order valence-electron chi connectivity index (χ1n) is 4.40. The van der Waals surface area contributed by atoms with E-state index in [1.165, 1.54) is 11.0 Å². The highest BCUT2D eigenvalue weighted by Gasteiger charge is 2.13. The van der Waals surface area contributed by atoms with Crippen molar-refractivity contribution >= 4 is 5.91 Å². The molecule has 0 saturated heterocycles. The van der Waals surface area contributed by atoms with Crippen LogP contribution in [0.3, 0.4) is 0 Å². The van der Waals surface area contributed by atoms with Crippen molar-refractivity contribution in [2.24, 2.45) is 5.73 Å². The molecular weight excluding hydrogens is 180 g/mol. The zero-order valence-corrected chi connectivity index (χ0v) is 8.10. The molecule has 0 heterocycles. The Balaban J connectivity index is 2.84. The Kier molecular flexibility index (Phi) is 3.48. The monoisotopic (exact) mass is 194 g/mol. The summed E-state index contributed by atoms with van der Waals surface area (Å²) in [6, 6.07) is 6.46. The van der Waals surface area contributed by atoms with E-state index in [0.29, 0.717) is 18.7 Å². The Morgan fingerprint density at radius 2 is 2.14 bits per heavy atom. The molecule has 0 unspecified atom stereocenters. The van der Waals surface area contributed by atoms with Gasteiger partial charge in [-0.3, -0.25) is 4.79 Å². The van der Waals surface area contributed by atoms with E-state index >= 15 is 0 Å². The molecule has 14 heavy (non-hydrogen) atoms. The number of benzene rings is 1. The number of phenols is 1. The van der Waals surface area contributed by atoms with Crippen molar-refractivity contribution in [3.8, 4) is 5.75 Å². The molecule has 0 bridgehead atoms. The standard InChI is InChI=1S/C10H14N2O2/c1-12(7-6-11)10(14)8-4-2-3-5-9(8)13/h2-5,13H,6-7,11H2,1H3. The summed E-state index contributed by atoms with van der Waals surface area (Å²) in [6.07, 6.45) is 0. The normalized spacial score (nSPS) is 9.86. The molecule has 0 spiro atoms. The number of phenolic OH excluding ortho intramolecular Hbond substituents is 1. The van der Waals surface area contributed by atoms with E-state index in [1.54, 1.807) is 25.2 Å². The molecule has 0 aliphatic rings. The van der Waals surface area contributed by atoms with Gasteiger partial charge in [0.2, 0.25) is 0 Å². The Morgan fingerprint density at radius 3 is 2.71 bits per heavy atom. The molecule has 1 aromatic rings. The zero-order chi connectivity index (χ0) is 10.6. The maximum atomic E-state index is 11.7. The van der Waals surface area contributed by atoms with Gasteiger partial charge in [0, 0.05) is 20.1 Å². The largest absolute Gasteiger partial charge is 0.507 e. The molecule has 1 rings (SSSR count). The van der Waals surface area contributed by atoms with Crippen molar-refractivity contribution < 1.29 is 9.90 Å². The number of aromatic hydroxyl groups is 1. The van der Waals surface area contributed by atoms with Crippen molar-refractivity contribution in [2.45, 2.75) is 0 Å². The van der Waals surface area contributed by atoms with Gasteiger partial charge in [-0.05, 0) is 12.1 Å². The number of rotatable bonds is 3. The lowest BCUT2D eigenvalue weighted by molar-refractivity contribution is 0.0796. The fourth-order valence-corrected chi connectivity index (χ4v) is 1.16. The van der Waals surface area contributed by atoms with Gasteiger partial charge in [0.1, 0.15) is 5.75 Å². The lowest BCUT2D eigenvalue weighted by Crippen LogP contribution is -2.31. The van der Waals surface area contributed by atoms with E-state index in [0.717, 1.165) is 0 Å². The van der Waals surface area contributed by atoms with Crippen LogP contribution in [0.1, 0.15) is 10.4 Å². The van der Waals surface area contributed by atoms with E-state index in [-0.39, 0.29) is 11.7 Å². The quantitative estimate of drug-likeness (QED) is 0.733. The molecule has 0 aliphatic carbocycles. The zero-order valence-electron chi connectivity index (χ0n) is 8.10. The molecule has 0 radical (unpaired) electrons. The number of nitrogens with two attached hydrogens (primary N) is 1. The molecule has 1 aromatic carbocycles. The first-order chi connectivity index (χ1) is 6.66. The minimum Gasteiger partial charge on any atom is -0.507 e. The second-order valence-corrected chi connectivity index (χ2v) is 3.03. The van der Waals surface area contributed by atoms with E-state index in [4.69, 9.17) is 5.73 Å². The van der Waals surface area contributed by atoms with Crippen molar-refractivity contribution in [2.75, 3.05) is 20.1 Å². The molecule has 76 valence electrons. The third-order valence-corrected chi connectivity index (χ3v) is 1.95. The van der Waals surface area contributed by atoms with Crippen molar-refractivity contribution in [3.63, 3.8) is 0 Å². The first-order valence-corrected chi connectivity index (χ1v) is 4.40. The Labute approximate surface area is 82.9 Å². The third kappa shape index (κ3) is 2.23. The predicted molar refractivity (Wildman–Crippen MR) is 54.1 cm³/mol. The van der Waals surface area contributed by atoms with E-state index in [9.17, 15) is 9.90 Å². The van der Waals surface area contributed by atoms with Gasteiger partial charge in [-0.2, -0.15) is 0 Å². The van der Waals surface area contributed by atoms with Crippen LogP contribution in [-0.2, 0) is 0 Å². The van der Waals surface area contributed by atoms with Crippen molar-refractivity contribution in [1.29, 1.82) is 0 Å². The van der Waals surface area contributed by atoms with Gasteiger partial charge in [-0.25, -0.2) is 0 Å². The number of para-hydroxylation sites is 1. The number of nitrogens with zero attached hydrogens (tertiary/aromatic N) is 1. The van der Waals surface area contributed by atoms with Crippen LogP contribution < -0.4 is 5.73 Å². The fourth-order valence-electron chi connectivity index (χ4n) is 1.16. The summed E-state index contributed by atoms with van der Waals surface area (Å²) in [5, 5.41) is 9.42. The molecular formula is C10H14N2O2. The van der Waals surface area contributed by atoms with Crippen LogP contribution in [0.5, 0.6) is 5.75 Å². The van der Waals surface area contributed by atoms with E-state index in [2.05, 4.69) is 0 Å². The van der Waals surface area contributed by atoms with Crippen LogP contribution in [0, 0.1) is 0 Å². The van der Waals surface area contributed by atoms with Crippen LogP contribution in [0.4, 0.5) is 0 Å². The number of carbonyl (C=O) groups is 1. The summed E-state index contributed by atoms with van der Waals surface area (Å²) in [6.45, 7) is 0.892. The second-order valence-electron chi connectivity index (χ2n) is 3.03. The van der Waals surface area contributed by atoms with Gasteiger partial charge >= 0.3 is 0 Å². The predicted octanol–water partition coefficient (Wildman–Crippen LogP) is 0.423. The molecule has 0 saturated carbocycles. The molecule has 0 aromatic heterocycles. The molecule has 0 aliphatic heterocycles. The highest BCUT2D eigenvalue weighted by atomic mass is 16.3. The smallest absolute Gasteiger partial charge is 0.257 e. The second kappa shape index (κ2) is 4.62. The van der Waals surface area contributed by atoms with Gasteiger partial charge in [-0.15, -0.1) is 0 Å². The van der Waals surface area contributed by atoms with Crippen molar-refractivity contribution in [1.82, 2.24) is 4.90 Å². The van der Waals surface area contributed by atoms with Crippen molar-refractivity contribution in [3.05, 3.63) is 29.8 Å². The Morgan fingerprint density at radius 1 is 1.50 bits per heavy atom. The highest BCUT2D eigenvalue weighted by molar-refractivity contribution is 5.96. The summed E-state index contributed by atoms with van der Waals surface area (Å²) in [4.78, 5) is 13.1. The molecule has 1 amide bonds. The van der Waals surface area contributed by atoms with E-state index < -0.39 is 0 Å². The van der Waals surface area contributed by atoms with Crippen LogP contribution >= 0.6 is 0 Å². The minimum absolute atomic E-state index is 0.00127. The minimum atomic E-state index is -0.214. The summed E-state index contributed by atoms with van der Waals surface area (Å²) in [5.41, 5.74) is 5.64. The number of carbonyl (C=O) groups excluding carboxylic acids is 1. The number of hydrogen-bond acceptors (Lipinski definition) is 3. The molecule has 0 atom stereocenters. The van der Waals surface area contributed by atoms with Gasteiger partial charge in [0.05, 0.1) is 5.56 Å².